The molecule has 0 aromatic heterocycles. The number of ether oxygens (including phenoxy) is 1. The number of hydrogen-bond acceptors (Lipinski definition) is 1. The van der Waals surface area contributed by atoms with Gasteiger partial charge in [0, 0.05) is 0 Å². The van der Waals surface area contributed by atoms with Crippen LogP contribution in [-0.4, -0.2) is 24.6 Å². The van der Waals surface area contributed by atoms with Crippen LogP contribution >= 0.6 is 0 Å². The van der Waals surface area contributed by atoms with Crippen molar-refractivity contribution in [2.75, 3.05) is 0 Å². The van der Waals surface area contributed by atoms with E-state index in [2.05, 4.69) is 6.92 Å². The summed E-state index contributed by atoms with van der Waals surface area (Å²) in [5, 5.41) is 0. The first kappa shape index (κ1) is 20.4. The maximum absolute atomic E-state index is 14.6. The lowest BCUT2D eigenvalue weighted by atomic mass is 9.69. The van der Waals surface area contributed by atoms with Gasteiger partial charge >= 0.3 is 6.11 Å². The molecule has 0 saturated heterocycles. The quantitative estimate of drug-likeness (QED) is 0.494. The third-order valence-corrected chi connectivity index (χ3v) is 7.39. The summed E-state index contributed by atoms with van der Waals surface area (Å²) < 4.78 is 62.0. The minimum Gasteiger partial charge on any atom is -0.314 e. The minimum absolute atomic E-state index is 0.175. The van der Waals surface area contributed by atoms with E-state index in [-0.39, 0.29) is 6.42 Å². The lowest BCUT2D eigenvalue weighted by molar-refractivity contribution is -0.312. The zero-order valence-corrected chi connectivity index (χ0v) is 16.1. The molecule has 0 bridgehead atoms. The van der Waals surface area contributed by atoms with Crippen LogP contribution in [0.2, 0.25) is 0 Å². The Kier molecular flexibility index (Phi) is 6.57. The molecule has 0 amide bonds. The summed E-state index contributed by atoms with van der Waals surface area (Å²) in [6.07, 6.45) is -0.261. The number of rotatable bonds is 4. The maximum Gasteiger partial charge on any atom is 0.358 e. The molecule has 26 heavy (non-hydrogen) atoms. The van der Waals surface area contributed by atoms with E-state index in [1.165, 1.54) is 25.7 Å². The summed E-state index contributed by atoms with van der Waals surface area (Å²) in [5.74, 6) is 0.753. The van der Waals surface area contributed by atoms with Gasteiger partial charge in [0.1, 0.15) is 6.17 Å². The van der Waals surface area contributed by atoms with Gasteiger partial charge in [-0.2, -0.15) is 8.78 Å². The molecule has 3 rings (SSSR count). The molecular formula is C21H34F4O. The van der Waals surface area contributed by atoms with Crippen LogP contribution in [0.25, 0.3) is 0 Å². The standard InChI is InChI=1S/C21H34F4O/c1-13-3-6-15(7-4-13)16-8-10-17(11-9-16)21(24,25)26-18-12-5-14(2)19(22)20(18)23/h13-20H,3-12H2,1-2H3. The van der Waals surface area contributed by atoms with Gasteiger partial charge in [0.15, 0.2) is 6.17 Å². The molecule has 0 heterocycles. The molecule has 3 aliphatic carbocycles. The molecule has 3 saturated carbocycles. The molecule has 0 aromatic carbocycles. The van der Waals surface area contributed by atoms with Gasteiger partial charge in [-0.05, 0) is 75.0 Å². The molecule has 3 fully saturated rings. The van der Waals surface area contributed by atoms with Crippen LogP contribution in [0.4, 0.5) is 17.6 Å². The first-order chi connectivity index (χ1) is 12.3. The Morgan fingerprint density at radius 3 is 1.81 bits per heavy atom. The Morgan fingerprint density at radius 2 is 1.23 bits per heavy atom. The highest BCUT2D eigenvalue weighted by Crippen LogP contribution is 2.46. The number of halogens is 4. The monoisotopic (exact) mass is 378 g/mol. The summed E-state index contributed by atoms with van der Waals surface area (Å²) >= 11 is 0. The highest BCUT2D eigenvalue weighted by molar-refractivity contribution is 4.89. The summed E-state index contributed by atoms with van der Waals surface area (Å²) in [4.78, 5) is 0. The van der Waals surface area contributed by atoms with Crippen molar-refractivity contribution in [2.45, 2.75) is 103 Å². The van der Waals surface area contributed by atoms with Gasteiger partial charge in [0.25, 0.3) is 0 Å². The highest BCUT2D eigenvalue weighted by Gasteiger charge is 2.49. The van der Waals surface area contributed by atoms with E-state index in [0.29, 0.717) is 31.1 Å². The van der Waals surface area contributed by atoms with Gasteiger partial charge in [0.05, 0.1) is 12.0 Å². The van der Waals surface area contributed by atoms with Crippen molar-refractivity contribution in [1.29, 1.82) is 0 Å². The molecule has 5 heteroatoms. The third kappa shape index (κ3) is 4.56. The largest absolute Gasteiger partial charge is 0.358 e. The van der Waals surface area contributed by atoms with E-state index in [9.17, 15) is 17.6 Å². The zero-order chi connectivity index (χ0) is 18.9. The van der Waals surface area contributed by atoms with Gasteiger partial charge in [-0.1, -0.05) is 26.7 Å². The molecule has 0 radical (unpaired) electrons. The molecule has 0 aliphatic heterocycles. The predicted molar refractivity (Wildman–Crippen MR) is 94.6 cm³/mol. The summed E-state index contributed by atoms with van der Waals surface area (Å²) in [6.45, 7) is 3.91. The summed E-state index contributed by atoms with van der Waals surface area (Å²) in [7, 11) is 0. The van der Waals surface area contributed by atoms with Crippen LogP contribution in [0.15, 0.2) is 0 Å². The van der Waals surface area contributed by atoms with E-state index in [0.717, 1.165) is 18.8 Å². The Morgan fingerprint density at radius 1 is 0.692 bits per heavy atom. The molecule has 4 atom stereocenters. The average Bonchev–Trinajstić information content (AvgIpc) is 2.63. The van der Waals surface area contributed by atoms with Gasteiger partial charge < -0.3 is 4.74 Å². The first-order valence-electron chi connectivity index (χ1n) is 10.6. The fraction of sp³-hybridized carbons (Fsp3) is 1.00. The van der Waals surface area contributed by atoms with Crippen molar-refractivity contribution >= 4 is 0 Å². The second kappa shape index (κ2) is 8.36. The maximum atomic E-state index is 14.6. The average molecular weight is 378 g/mol. The minimum atomic E-state index is -3.35. The smallest absolute Gasteiger partial charge is 0.314 e. The van der Waals surface area contributed by atoms with E-state index >= 15 is 0 Å². The van der Waals surface area contributed by atoms with Crippen LogP contribution in [-0.2, 0) is 4.74 Å². The first-order valence-corrected chi connectivity index (χ1v) is 10.6. The van der Waals surface area contributed by atoms with Crippen molar-refractivity contribution in [3.63, 3.8) is 0 Å². The lowest BCUT2D eigenvalue weighted by Crippen LogP contribution is -2.47. The molecule has 1 nitrogen and oxygen atoms in total. The Balaban J connectivity index is 1.50. The highest BCUT2D eigenvalue weighted by atomic mass is 19.3. The molecule has 0 aromatic rings. The summed E-state index contributed by atoms with van der Waals surface area (Å²) in [6, 6.07) is 0. The van der Waals surface area contributed by atoms with E-state index in [1.54, 1.807) is 6.92 Å². The number of hydrogen-bond donors (Lipinski definition) is 0. The van der Waals surface area contributed by atoms with E-state index in [1.807, 2.05) is 0 Å². The molecular weight excluding hydrogens is 344 g/mol. The zero-order valence-electron chi connectivity index (χ0n) is 16.1. The van der Waals surface area contributed by atoms with Crippen molar-refractivity contribution in [3.05, 3.63) is 0 Å². The molecule has 0 N–H and O–H groups in total. The fourth-order valence-corrected chi connectivity index (χ4v) is 5.37. The van der Waals surface area contributed by atoms with Crippen molar-refractivity contribution < 1.29 is 22.3 Å². The SMILES string of the molecule is CC1CCC(C2CCC(C(F)(F)OC3CCC(C)C(F)C3F)CC2)CC1. The number of alkyl halides is 4. The van der Waals surface area contributed by atoms with Crippen molar-refractivity contribution in [3.8, 4) is 0 Å². The van der Waals surface area contributed by atoms with Gasteiger partial charge in [0.2, 0.25) is 0 Å². The Hall–Kier alpha value is -0.320. The van der Waals surface area contributed by atoms with Crippen LogP contribution in [0.1, 0.15) is 78.1 Å². The second-order valence-corrected chi connectivity index (χ2v) is 9.29. The van der Waals surface area contributed by atoms with Crippen LogP contribution in [0.3, 0.4) is 0 Å². The molecule has 3 aliphatic rings. The summed E-state index contributed by atoms with van der Waals surface area (Å²) in [5.41, 5.74) is 0. The molecule has 4 unspecified atom stereocenters. The third-order valence-electron chi connectivity index (χ3n) is 7.39. The van der Waals surface area contributed by atoms with Crippen molar-refractivity contribution in [2.24, 2.45) is 29.6 Å². The topological polar surface area (TPSA) is 9.23 Å². The molecule has 0 spiro atoms. The lowest BCUT2D eigenvalue weighted by Gasteiger charge is -2.41. The van der Waals surface area contributed by atoms with E-state index in [4.69, 9.17) is 4.74 Å². The van der Waals surface area contributed by atoms with E-state index < -0.39 is 36.4 Å². The van der Waals surface area contributed by atoms with Gasteiger partial charge in [-0.3, -0.25) is 0 Å². The Labute approximate surface area is 155 Å². The molecule has 152 valence electrons. The second-order valence-electron chi connectivity index (χ2n) is 9.29. The van der Waals surface area contributed by atoms with Gasteiger partial charge in [-0.25, -0.2) is 8.78 Å². The predicted octanol–water partition coefficient (Wildman–Crippen LogP) is 6.70. The fourth-order valence-electron chi connectivity index (χ4n) is 5.37. The van der Waals surface area contributed by atoms with Crippen LogP contribution in [0, 0.1) is 29.6 Å². The van der Waals surface area contributed by atoms with Crippen LogP contribution in [0.5, 0.6) is 0 Å². The van der Waals surface area contributed by atoms with Crippen LogP contribution < -0.4 is 0 Å². The van der Waals surface area contributed by atoms with Gasteiger partial charge in [-0.15, -0.1) is 0 Å². The normalized spacial score (nSPS) is 45.5. The van der Waals surface area contributed by atoms with Crippen molar-refractivity contribution in [1.82, 2.24) is 0 Å². The Bertz CT molecular complexity index is 441.